The summed E-state index contributed by atoms with van der Waals surface area (Å²) < 4.78 is 37.9. The van der Waals surface area contributed by atoms with Gasteiger partial charge in [0.2, 0.25) is 15.9 Å². The summed E-state index contributed by atoms with van der Waals surface area (Å²) in [5.74, 6) is 0.928. The summed E-state index contributed by atoms with van der Waals surface area (Å²) in [4.78, 5) is 13.0. The molecule has 0 unspecified atom stereocenters. The van der Waals surface area contributed by atoms with E-state index in [1.807, 2.05) is 44.2 Å². The Labute approximate surface area is 178 Å². The highest BCUT2D eigenvalue weighted by atomic mass is 32.2. The van der Waals surface area contributed by atoms with Crippen molar-refractivity contribution in [3.8, 4) is 11.5 Å². The highest BCUT2D eigenvalue weighted by Gasteiger charge is 2.32. The lowest BCUT2D eigenvalue weighted by Gasteiger charge is -2.31. The Kier molecular flexibility index (Phi) is 6.55. The molecule has 7 nitrogen and oxygen atoms in total. The number of amides is 1. The number of nitrogens with zero attached hydrogens (tertiary/aromatic N) is 1. The number of fused-ring (bicyclic) bond motifs is 1. The molecule has 0 fully saturated rings. The van der Waals surface area contributed by atoms with Gasteiger partial charge >= 0.3 is 0 Å². The number of benzene rings is 2. The molecule has 3 rings (SSSR count). The number of sulfonamides is 1. The molecular formula is C22H28N2O5S. The van der Waals surface area contributed by atoms with Crippen molar-refractivity contribution < 1.29 is 22.7 Å². The van der Waals surface area contributed by atoms with Crippen LogP contribution in [0.15, 0.2) is 42.5 Å². The number of anilines is 1. The van der Waals surface area contributed by atoms with E-state index in [0.717, 1.165) is 17.4 Å². The smallest absolute Gasteiger partial charge is 0.244 e. The summed E-state index contributed by atoms with van der Waals surface area (Å²) in [5, 5.41) is 2.84. The summed E-state index contributed by atoms with van der Waals surface area (Å²) in [6.07, 6.45) is 1.10. The van der Waals surface area contributed by atoms with E-state index in [1.165, 1.54) is 4.31 Å². The van der Waals surface area contributed by atoms with Crippen LogP contribution in [0, 0.1) is 13.8 Å². The molecule has 0 radical (unpaired) electrons. The summed E-state index contributed by atoms with van der Waals surface area (Å²) in [5.41, 5.74) is 2.35. The summed E-state index contributed by atoms with van der Waals surface area (Å²) in [7, 11) is -3.67. The Balaban J connectivity index is 1.75. The maximum absolute atomic E-state index is 13.0. The van der Waals surface area contributed by atoms with Crippen molar-refractivity contribution >= 4 is 21.6 Å². The minimum atomic E-state index is -3.67. The summed E-state index contributed by atoms with van der Waals surface area (Å²) in [6.45, 7) is 6.11. The Morgan fingerprint density at radius 1 is 1.17 bits per heavy atom. The van der Waals surface area contributed by atoms with Crippen LogP contribution < -0.4 is 19.1 Å². The van der Waals surface area contributed by atoms with Crippen LogP contribution in [0.25, 0.3) is 0 Å². The summed E-state index contributed by atoms with van der Waals surface area (Å²) in [6, 6.07) is 12.0. The van der Waals surface area contributed by atoms with Crippen molar-refractivity contribution in [3.63, 3.8) is 0 Å². The number of rotatable bonds is 7. The fourth-order valence-corrected chi connectivity index (χ4v) is 4.83. The fraction of sp³-hybridized carbons (Fsp3) is 0.409. The molecule has 30 heavy (non-hydrogen) atoms. The van der Waals surface area contributed by atoms with Crippen LogP contribution in [0.1, 0.15) is 24.5 Å². The van der Waals surface area contributed by atoms with Gasteiger partial charge in [-0.25, -0.2) is 8.42 Å². The van der Waals surface area contributed by atoms with Crippen molar-refractivity contribution in [2.75, 3.05) is 23.7 Å². The third-order valence-corrected chi connectivity index (χ3v) is 6.04. The molecular weight excluding hydrogens is 404 g/mol. The van der Waals surface area contributed by atoms with Gasteiger partial charge in [0.15, 0.2) is 11.5 Å². The first kappa shape index (κ1) is 22.0. The minimum absolute atomic E-state index is 0.216. The average molecular weight is 433 g/mol. The zero-order chi connectivity index (χ0) is 21.9. The molecule has 0 saturated carbocycles. The third-order valence-electron chi connectivity index (χ3n) is 4.86. The predicted octanol–water partition coefficient (Wildman–Crippen LogP) is 2.80. The van der Waals surface area contributed by atoms with Crippen molar-refractivity contribution in [3.05, 3.63) is 53.6 Å². The first-order valence-corrected chi connectivity index (χ1v) is 11.8. The number of para-hydroxylation sites is 2. The molecule has 1 aliphatic heterocycles. The van der Waals surface area contributed by atoms with Gasteiger partial charge in [0.1, 0.15) is 18.8 Å². The molecule has 162 valence electrons. The lowest BCUT2D eigenvalue weighted by molar-refractivity contribution is -0.122. The van der Waals surface area contributed by atoms with Crippen LogP contribution in [-0.4, -0.2) is 45.9 Å². The second kappa shape index (κ2) is 8.95. The van der Waals surface area contributed by atoms with E-state index in [9.17, 15) is 13.2 Å². The number of aryl methyl sites for hydroxylation is 2. The second-order valence-electron chi connectivity index (χ2n) is 7.57. The first-order valence-electron chi connectivity index (χ1n) is 9.93. The lowest BCUT2D eigenvalue weighted by atomic mass is 10.1. The van der Waals surface area contributed by atoms with Crippen molar-refractivity contribution in [1.82, 2.24) is 5.32 Å². The first-order chi connectivity index (χ1) is 14.2. The minimum Gasteiger partial charge on any atom is -0.486 e. The molecule has 1 aliphatic rings. The van der Waals surface area contributed by atoms with E-state index in [2.05, 4.69) is 5.32 Å². The van der Waals surface area contributed by atoms with E-state index >= 15 is 0 Å². The molecule has 0 saturated heterocycles. The van der Waals surface area contributed by atoms with Gasteiger partial charge in [-0.3, -0.25) is 9.10 Å². The van der Waals surface area contributed by atoms with Gasteiger partial charge in [0.05, 0.1) is 18.5 Å². The second-order valence-corrected chi connectivity index (χ2v) is 9.43. The Morgan fingerprint density at radius 2 is 1.80 bits per heavy atom. The molecule has 2 aromatic carbocycles. The SMILES string of the molecule is CC[C@@H](C(=O)NC[C@@H]1COc2ccccc2O1)N(c1cc(C)cc(C)c1)S(C)(=O)=O. The van der Waals surface area contributed by atoms with E-state index in [1.54, 1.807) is 19.1 Å². The van der Waals surface area contributed by atoms with E-state index in [-0.39, 0.29) is 18.6 Å². The van der Waals surface area contributed by atoms with Crippen LogP contribution in [0.5, 0.6) is 11.5 Å². The van der Waals surface area contributed by atoms with E-state index < -0.39 is 16.1 Å². The van der Waals surface area contributed by atoms with Crippen LogP contribution in [-0.2, 0) is 14.8 Å². The quantitative estimate of drug-likeness (QED) is 0.727. The van der Waals surface area contributed by atoms with Gasteiger partial charge in [0.25, 0.3) is 0 Å². The molecule has 2 atom stereocenters. The number of ether oxygens (including phenoxy) is 2. The van der Waals surface area contributed by atoms with Crippen LogP contribution >= 0.6 is 0 Å². The number of nitrogens with one attached hydrogen (secondary N) is 1. The van der Waals surface area contributed by atoms with Crippen LogP contribution in [0.4, 0.5) is 5.69 Å². The topological polar surface area (TPSA) is 84.9 Å². The van der Waals surface area contributed by atoms with Crippen molar-refractivity contribution in [1.29, 1.82) is 0 Å². The summed E-state index contributed by atoms with van der Waals surface area (Å²) >= 11 is 0. The van der Waals surface area contributed by atoms with Gasteiger partial charge in [-0.2, -0.15) is 0 Å². The Hall–Kier alpha value is -2.74. The average Bonchev–Trinajstić information content (AvgIpc) is 2.68. The molecule has 8 heteroatoms. The standard InChI is InChI=1S/C22H28N2O5S/c1-5-19(24(30(4,26)27)17-11-15(2)10-16(3)12-17)22(25)23-13-18-14-28-20-8-6-7-9-21(20)29-18/h6-12,18-19H,5,13-14H2,1-4H3,(H,23,25)/t18-,19+/m1/s1. The molecule has 1 heterocycles. The van der Waals surface area contributed by atoms with E-state index in [4.69, 9.17) is 9.47 Å². The normalized spacial score (nSPS) is 16.6. The molecule has 1 N–H and O–H groups in total. The monoisotopic (exact) mass is 432 g/mol. The van der Waals surface area contributed by atoms with Crippen LogP contribution in [0.2, 0.25) is 0 Å². The van der Waals surface area contributed by atoms with Gasteiger partial charge in [-0.15, -0.1) is 0 Å². The van der Waals surface area contributed by atoms with Gasteiger partial charge in [0, 0.05) is 0 Å². The number of carbonyl (C=O) groups is 1. The van der Waals surface area contributed by atoms with Crippen LogP contribution in [0.3, 0.4) is 0 Å². The van der Waals surface area contributed by atoms with Crippen molar-refractivity contribution in [2.45, 2.75) is 39.3 Å². The third kappa shape index (κ3) is 5.05. The van der Waals surface area contributed by atoms with Gasteiger partial charge < -0.3 is 14.8 Å². The number of hydrogen-bond donors (Lipinski definition) is 1. The zero-order valence-electron chi connectivity index (χ0n) is 17.7. The van der Waals surface area contributed by atoms with Gasteiger partial charge in [-0.05, 0) is 55.7 Å². The highest BCUT2D eigenvalue weighted by Crippen LogP contribution is 2.30. The zero-order valence-corrected chi connectivity index (χ0v) is 18.5. The molecule has 0 spiro atoms. The predicted molar refractivity (Wildman–Crippen MR) is 117 cm³/mol. The Bertz CT molecular complexity index is 1000. The molecule has 0 aromatic heterocycles. The van der Waals surface area contributed by atoms with E-state index in [0.29, 0.717) is 30.2 Å². The van der Waals surface area contributed by atoms with Gasteiger partial charge in [-0.1, -0.05) is 25.1 Å². The maximum Gasteiger partial charge on any atom is 0.244 e. The Morgan fingerprint density at radius 3 is 2.40 bits per heavy atom. The molecule has 2 aromatic rings. The molecule has 0 bridgehead atoms. The maximum atomic E-state index is 13.0. The molecule has 1 amide bonds. The number of carbonyl (C=O) groups excluding carboxylic acids is 1. The lowest BCUT2D eigenvalue weighted by Crippen LogP contribution is -2.51. The highest BCUT2D eigenvalue weighted by molar-refractivity contribution is 7.92. The van der Waals surface area contributed by atoms with Crippen molar-refractivity contribution in [2.24, 2.45) is 0 Å². The fourth-order valence-electron chi connectivity index (χ4n) is 3.63. The largest absolute Gasteiger partial charge is 0.486 e. The number of hydrogen-bond acceptors (Lipinski definition) is 5. The molecule has 0 aliphatic carbocycles.